The maximum absolute atomic E-state index is 11.8. The van der Waals surface area contributed by atoms with Gasteiger partial charge in [-0.1, -0.05) is 0 Å². The fourth-order valence-electron chi connectivity index (χ4n) is 2.71. The second-order valence-electron chi connectivity index (χ2n) is 5.68. The molecule has 5 heteroatoms. The average Bonchev–Trinajstić information content (AvgIpc) is 2.51. The van der Waals surface area contributed by atoms with Crippen molar-refractivity contribution < 1.29 is 4.79 Å². The number of nitrogens with zero attached hydrogens (tertiary/aromatic N) is 2. The number of aromatic nitrogens is 1. The summed E-state index contributed by atoms with van der Waals surface area (Å²) >= 11 is 0. The Morgan fingerprint density at radius 3 is 2.71 bits per heavy atom. The lowest BCUT2D eigenvalue weighted by atomic mass is 10.0. The Labute approximate surface area is 127 Å². The van der Waals surface area contributed by atoms with Crippen molar-refractivity contribution in [2.45, 2.75) is 38.3 Å². The summed E-state index contributed by atoms with van der Waals surface area (Å²) < 4.78 is 0. The zero-order valence-corrected chi connectivity index (χ0v) is 12.8. The molecule has 116 valence electrons. The topological polar surface area (TPSA) is 57.3 Å². The third kappa shape index (κ3) is 5.81. The average molecular weight is 290 g/mol. The minimum absolute atomic E-state index is 0.192. The molecule has 0 spiro atoms. The van der Waals surface area contributed by atoms with Crippen LogP contribution in [0.15, 0.2) is 24.5 Å². The molecule has 0 aromatic carbocycles. The largest absolute Gasteiger partial charge is 0.353 e. The van der Waals surface area contributed by atoms with Gasteiger partial charge in [0.05, 0.1) is 0 Å². The Morgan fingerprint density at radius 1 is 1.33 bits per heavy atom. The van der Waals surface area contributed by atoms with Gasteiger partial charge < -0.3 is 10.6 Å². The van der Waals surface area contributed by atoms with Crippen LogP contribution >= 0.6 is 0 Å². The maximum Gasteiger partial charge on any atom is 0.220 e. The normalized spacial score (nSPS) is 16.8. The number of hydrogen-bond donors (Lipinski definition) is 2. The molecular weight excluding hydrogens is 264 g/mol. The van der Waals surface area contributed by atoms with Crippen LogP contribution in [0.4, 0.5) is 0 Å². The summed E-state index contributed by atoms with van der Waals surface area (Å²) in [4.78, 5) is 18.3. The third-order valence-corrected chi connectivity index (χ3v) is 3.94. The Bertz CT molecular complexity index is 416. The highest BCUT2D eigenvalue weighted by atomic mass is 16.1. The molecule has 1 amide bonds. The van der Waals surface area contributed by atoms with E-state index in [1.807, 2.05) is 19.4 Å². The summed E-state index contributed by atoms with van der Waals surface area (Å²) in [5, 5.41) is 6.22. The molecule has 0 saturated carbocycles. The minimum Gasteiger partial charge on any atom is -0.353 e. The predicted octanol–water partition coefficient (Wildman–Crippen LogP) is 1.16. The van der Waals surface area contributed by atoms with E-state index in [2.05, 4.69) is 32.7 Å². The highest BCUT2D eigenvalue weighted by Crippen LogP contribution is 2.13. The zero-order chi connectivity index (χ0) is 14.9. The Morgan fingerprint density at radius 2 is 2.05 bits per heavy atom. The van der Waals surface area contributed by atoms with Crippen molar-refractivity contribution in [3.05, 3.63) is 30.1 Å². The van der Waals surface area contributed by atoms with E-state index >= 15 is 0 Å². The molecule has 2 heterocycles. The van der Waals surface area contributed by atoms with Gasteiger partial charge in [0.15, 0.2) is 0 Å². The van der Waals surface area contributed by atoms with Gasteiger partial charge >= 0.3 is 0 Å². The van der Waals surface area contributed by atoms with E-state index in [0.717, 1.165) is 45.4 Å². The van der Waals surface area contributed by atoms with Gasteiger partial charge in [0, 0.05) is 44.5 Å². The number of likely N-dealkylation sites (tertiary alicyclic amines) is 1. The molecule has 0 aliphatic carbocycles. The van der Waals surface area contributed by atoms with E-state index in [4.69, 9.17) is 0 Å². The van der Waals surface area contributed by atoms with Gasteiger partial charge in [-0.3, -0.25) is 14.7 Å². The van der Waals surface area contributed by atoms with Crippen LogP contribution < -0.4 is 10.6 Å². The first-order valence-electron chi connectivity index (χ1n) is 7.83. The second-order valence-corrected chi connectivity index (χ2v) is 5.68. The molecular formula is C16H26N4O. The molecule has 2 N–H and O–H groups in total. The Balaban J connectivity index is 1.65. The van der Waals surface area contributed by atoms with Crippen molar-refractivity contribution >= 4 is 5.91 Å². The van der Waals surface area contributed by atoms with Crippen LogP contribution in [0.25, 0.3) is 0 Å². The smallest absolute Gasteiger partial charge is 0.220 e. The first kappa shape index (κ1) is 15.9. The summed E-state index contributed by atoms with van der Waals surface area (Å²) in [5.74, 6) is 0.192. The van der Waals surface area contributed by atoms with Crippen molar-refractivity contribution in [3.63, 3.8) is 0 Å². The van der Waals surface area contributed by atoms with E-state index in [9.17, 15) is 4.79 Å². The summed E-state index contributed by atoms with van der Waals surface area (Å²) in [7, 11) is 1.91. The number of pyridine rings is 1. The molecule has 1 aliphatic rings. The molecule has 0 unspecified atom stereocenters. The standard InChI is InChI=1S/C16H26N4O/c1-17-8-2-3-16(21)19-15-6-11-20(12-7-15)13-14-4-9-18-10-5-14/h4-5,9-10,15,17H,2-3,6-8,11-13H2,1H3,(H,19,21). The van der Waals surface area contributed by atoms with Crippen LogP contribution in [0.1, 0.15) is 31.2 Å². The first-order valence-corrected chi connectivity index (χ1v) is 7.83. The minimum atomic E-state index is 0.192. The van der Waals surface area contributed by atoms with Crippen LogP contribution in [-0.2, 0) is 11.3 Å². The molecule has 1 fully saturated rings. The highest BCUT2D eigenvalue weighted by Gasteiger charge is 2.20. The number of piperidine rings is 1. The van der Waals surface area contributed by atoms with Crippen LogP contribution in [0.2, 0.25) is 0 Å². The van der Waals surface area contributed by atoms with Gasteiger partial charge in [-0.25, -0.2) is 0 Å². The summed E-state index contributed by atoms with van der Waals surface area (Å²) in [6, 6.07) is 4.48. The monoisotopic (exact) mass is 290 g/mol. The van der Waals surface area contributed by atoms with Gasteiger partial charge in [0.1, 0.15) is 0 Å². The Kier molecular flexibility index (Phi) is 6.63. The van der Waals surface area contributed by atoms with Crippen molar-refractivity contribution in [2.24, 2.45) is 0 Å². The van der Waals surface area contributed by atoms with Gasteiger partial charge in [-0.05, 0) is 50.6 Å². The van der Waals surface area contributed by atoms with Gasteiger partial charge in [-0.2, -0.15) is 0 Å². The highest BCUT2D eigenvalue weighted by molar-refractivity contribution is 5.76. The quantitative estimate of drug-likeness (QED) is 0.740. The number of hydrogen-bond acceptors (Lipinski definition) is 4. The lowest BCUT2D eigenvalue weighted by Crippen LogP contribution is -2.44. The van der Waals surface area contributed by atoms with Crippen molar-refractivity contribution in [1.82, 2.24) is 20.5 Å². The SMILES string of the molecule is CNCCCC(=O)NC1CCN(Cc2ccncc2)CC1. The molecule has 1 aliphatic heterocycles. The number of amides is 1. The summed E-state index contributed by atoms with van der Waals surface area (Å²) in [6.07, 6.45) is 7.30. The van der Waals surface area contributed by atoms with Crippen LogP contribution in [0.3, 0.4) is 0 Å². The number of carbonyl (C=O) groups excluding carboxylic acids is 1. The molecule has 1 saturated heterocycles. The van der Waals surface area contributed by atoms with Gasteiger partial charge in [0.25, 0.3) is 0 Å². The fourth-order valence-corrected chi connectivity index (χ4v) is 2.71. The number of rotatable bonds is 7. The maximum atomic E-state index is 11.8. The second kappa shape index (κ2) is 8.74. The predicted molar refractivity (Wildman–Crippen MR) is 83.8 cm³/mol. The van der Waals surface area contributed by atoms with Crippen LogP contribution in [0, 0.1) is 0 Å². The lowest BCUT2D eigenvalue weighted by Gasteiger charge is -2.32. The zero-order valence-electron chi connectivity index (χ0n) is 12.8. The molecule has 1 aromatic heterocycles. The third-order valence-electron chi connectivity index (χ3n) is 3.94. The van der Waals surface area contributed by atoms with Crippen molar-refractivity contribution in [3.8, 4) is 0 Å². The number of carbonyl (C=O) groups is 1. The summed E-state index contributed by atoms with van der Waals surface area (Å²) in [6.45, 7) is 3.97. The van der Waals surface area contributed by atoms with Crippen LogP contribution in [-0.4, -0.2) is 48.5 Å². The van der Waals surface area contributed by atoms with Crippen molar-refractivity contribution in [1.29, 1.82) is 0 Å². The molecule has 0 atom stereocenters. The molecule has 5 nitrogen and oxygen atoms in total. The first-order chi connectivity index (χ1) is 10.3. The van der Waals surface area contributed by atoms with Gasteiger partial charge in [-0.15, -0.1) is 0 Å². The van der Waals surface area contributed by atoms with E-state index in [1.54, 1.807) is 0 Å². The Hall–Kier alpha value is -1.46. The van der Waals surface area contributed by atoms with E-state index in [0.29, 0.717) is 12.5 Å². The molecule has 0 bridgehead atoms. The molecule has 21 heavy (non-hydrogen) atoms. The number of nitrogens with one attached hydrogen (secondary N) is 2. The fraction of sp³-hybridized carbons (Fsp3) is 0.625. The molecule has 0 radical (unpaired) electrons. The van der Waals surface area contributed by atoms with E-state index < -0.39 is 0 Å². The molecule has 1 aromatic rings. The van der Waals surface area contributed by atoms with Crippen LogP contribution in [0.5, 0.6) is 0 Å². The van der Waals surface area contributed by atoms with Gasteiger partial charge in [0.2, 0.25) is 5.91 Å². The summed E-state index contributed by atoms with van der Waals surface area (Å²) in [5.41, 5.74) is 1.31. The van der Waals surface area contributed by atoms with Crippen molar-refractivity contribution in [2.75, 3.05) is 26.7 Å². The molecule has 2 rings (SSSR count). The van der Waals surface area contributed by atoms with E-state index in [1.165, 1.54) is 5.56 Å². The lowest BCUT2D eigenvalue weighted by molar-refractivity contribution is -0.122. The van der Waals surface area contributed by atoms with E-state index in [-0.39, 0.29) is 5.91 Å².